The van der Waals surface area contributed by atoms with Crippen LogP contribution in [0.4, 0.5) is 13.2 Å². The van der Waals surface area contributed by atoms with Crippen LogP contribution in [0.15, 0.2) is 47.3 Å². The van der Waals surface area contributed by atoms with E-state index in [0.29, 0.717) is 20.4 Å². The monoisotopic (exact) mass is 367 g/mol. The molecule has 2 heterocycles. The van der Waals surface area contributed by atoms with Crippen LogP contribution in [0.1, 0.15) is 10.6 Å². The molecule has 1 aliphatic heterocycles. The molecule has 0 unspecified atom stereocenters. The molecule has 122 valence electrons. The molecule has 24 heavy (non-hydrogen) atoms. The number of halogens is 4. The number of benzene rings is 1. The van der Waals surface area contributed by atoms with Crippen molar-refractivity contribution in [2.45, 2.75) is 6.18 Å². The second-order valence-electron chi connectivity index (χ2n) is 5.03. The molecule has 0 aliphatic carbocycles. The van der Waals surface area contributed by atoms with Gasteiger partial charge in [0.2, 0.25) is 0 Å². The number of fused-ring (bicyclic) bond motifs is 1. The second kappa shape index (κ2) is 5.96. The molecule has 3 rings (SSSR count). The molecule has 1 aromatic carbocycles. The third-order valence-corrected chi connectivity index (χ3v) is 4.67. The van der Waals surface area contributed by atoms with Gasteiger partial charge in [-0.25, -0.2) is 4.98 Å². The van der Waals surface area contributed by atoms with Crippen LogP contribution >= 0.6 is 22.9 Å². The molecular weight excluding hydrogens is 359 g/mol. The van der Waals surface area contributed by atoms with E-state index in [0.717, 1.165) is 12.1 Å². The summed E-state index contributed by atoms with van der Waals surface area (Å²) in [4.78, 5) is 5.89. The van der Waals surface area contributed by atoms with Gasteiger partial charge in [-0.3, -0.25) is 0 Å². The first-order valence-corrected chi connectivity index (χ1v) is 7.90. The summed E-state index contributed by atoms with van der Waals surface area (Å²) in [6, 6.07) is 5.46. The number of nitrogens with zero attached hydrogens (tertiary/aromatic N) is 3. The molecule has 3 nitrogen and oxygen atoms in total. The summed E-state index contributed by atoms with van der Waals surface area (Å²) in [6.07, 6.45) is 0.531. The van der Waals surface area contributed by atoms with E-state index in [-0.39, 0.29) is 11.1 Å². The molecule has 0 saturated heterocycles. The zero-order valence-corrected chi connectivity index (χ0v) is 13.8. The molecule has 1 aromatic heterocycles. The highest BCUT2D eigenvalue weighted by atomic mass is 35.5. The molecule has 0 amide bonds. The Kier molecular flexibility index (Phi) is 4.11. The van der Waals surface area contributed by atoms with Crippen LogP contribution in [-0.4, -0.2) is 16.9 Å². The van der Waals surface area contributed by atoms with E-state index in [1.807, 2.05) is 0 Å². The van der Waals surface area contributed by atoms with Gasteiger partial charge < -0.3 is 4.90 Å². The summed E-state index contributed by atoms with van der Waals surface area (Å²) in [7, 11) is 1.73. The minimum absolute atomic E-state index is 0.217. The van der Waals surface area contributed by atoms with E-state index >= 15 is 0 Å². The van der Waals surface area contributed by atoms with E-state index in [2.05, 4.69) is 11.1 Å². The van der Waals surface area contributed by atoms with Crippen LogP contribution in [0.3, 0.4) is 0 Å². The number of aromatic nitrogens is 1. The Morgan fingerprint density at radius 1 is 1.33 bits per heavy atom. The maximum atomic E-state index is 12.8. The predicted octanol–water partition coefficient (Wildman–Crippen LogP) is 5.13. The molecule has 0 N–H and O–H groups in total. The first kappa shape index (κ1) is 16.6. The fraction of sp³-hybridized carbons (Fsp3) is 0.125. The summed E-state index contributed by atoms with van der Waals surface area (Å²) < 4.78 is 39.0. The predicted molar refractivity (Wildman–Crippen MR) is 88.0 cm³/mol. The highest BCUT2D eigenvalue weighted by Gasteiger charge is 2.31. The lowest BCUT2D eigenvalue weighted by atomic mass is 10.1. The number of likely N-dealkylation sites (N-methyl/N-ethyl adjacent to an activating group) is 1. The van der Waals surface area contributed by atoms with Crippen LogP contribution in [0, 0.1) is 11.3 Å². The van der Waals surface area contributed by atoms with Crippen LogP contribution in [0.5, 0.6) is 0 Å². The maximum absolute atomic E-state index is 12.8. The Labute approximate surface area is 144 Å². The normalized spacial score (nSPS) is 17.0. The van der Waals surface area contributed by atoms with Crippen LogP contribution in [0.2, 0.25) is 0 Å². The first-order chi connectivity index (χ1) is 11.3. The topological polar surface area (TPSA) is 39.9 Å². The van der Waals surface area contributed by atoms with Gasteiger partial charge in [-0.2, -0.15) is 18.4 Å². The Bertz CT molecular complexity index is 948. The highest BCUT2D eigenvalue weighted by Crippen LogP contribution is 2.35. The third kappa shape index (κ3) is 3.03. The maximum Gasteiger partial charge on any atom is 0.416 e. The zero-order chi connectivity index (χ0) is 17.5. The van der Waals surface area contributed by atoms with Gasteiger partial charge in [-0.1, -0.05) is 11.6 Å². The van der Waals surface area contributed by atoms with Crippen LogP contribution < -0.4 is 0 Å². The van der Waals surface area contributed by atoms with Gasteiger partial charge >= 0.3 is 6.18 Å². The third-order valence-electron chi connectivity index (χ3n) is 3.39. The summed E-state index contributed by atoms with van der Waals surface area (Å²) in [6.45, 7) is 0. The van der Waals surface area contributed by atoms with Gasteiger partial charge in [0.25, 0.3) is 0 Å². The average molecular weight is 368 g/mol. The number of allylic oxidation sites excluding steroid dienone is 4. The molecule has 8 heteroatoms. The van der Waals surface area contributed by atoms with E-state index in [4.69, 9.17) is 11.6 Å². The summed E-state index contributed by atoms with van der Waals surface area (Å²) in [5.74, 6) is 0. The summed E-state index contributed by atoms with van der Waals surface area (Å²) in [5.41, 5.74) is 0.317. The highest BCUT2D eigenvalue weighted by molar-refractivity contribution is 7.19. The molecular formula is C16H9ClF3N3S. The van der Waals surface area contributed by atoms with E-state index in [9.17, 15) is 18.4 Å². The number of hydrogen-bond donors (Lipinski definition) is 0. The number of alkyl halides is 3. The van der Waals surface area contributed by atoms with Gasteiger partial charge in [0.15, 0.2) is 0 Å². The van der Waals surface area contributed by atoms with Gasteiger partial charge in [-0.05, 0) is 30.4 Å². The zero-order valence-electron chi connectivity index (χ0n) is 12.2. The van der Waals surface area contributed by atoms with Crippen molar-refractivity contribution in [1.82, 2.24) is 9.88 Å². The molecule has 1 aliphatic rings. The Hall–Kier alpha value is -2.30. The van der Waals surface area contributed by atoms with Crippen molar-refractivity contribution >= 4 is 38.7 Å². The van der Waals surface area contributed by atoms with Gasteiger partial charge in [-0.15, -0.1) is 11.3 Å². The van der Waals surface area contributed by atoms with Crippen molar-refractivity contribution in [3.8, 4) is 6.07 Å². The van der Waals surface area contributed by atoms with E-state index in [1.54, 1.807) is 30.3 Å². The molecule has 0 spiro atoms. The van der Waals surface area contributed by atoms with Gasteiger partial charge in [0.05, 0.1) is 26.5 Å². The van der Waals surface area contributed by atoms with E-state index < -0.39 is 11.7 Å². The van der Waals surface area contributed by atoms with Gasteiger partial charge in [0.1, 0.15) is 16.6 Å². The quantitative estimate of drug-likeness (QED) is 0.656. The minimum Gasteiger partial charge on any atom is -0.348 e. The van der Waals surface area contributed by atoms with Crippen LogP contribution in [0.25, 0.3) is 15.8 Å². The van der Waals surface area contributed by atoms with Crippen molar-refractivity contribution in [2.24, 2.45) is 0 Å². The molecule has 0 saturated carbocycles. The number of rotatable bonds is 1. The molecule has 0 fully saturated rings. The lowest BCUT2D eigenvalue weighted by Gasteiger charge is -2.20. The Morgan fingerprint density at radius 3 is 2.71 bits per heavy atom. The number of thiazole rings is 1. The Morgan fingerprint density at radius 2 is 2.08 bits per heavy atom. The van der Waals surface area contributed by atoms with Crippen molar-refractivity contribution < 1.29 is 13.2 Å². The summed E-state index contributed by atoms with van der Waals surface area (Å²) in [5, 5.41) is 10.4. The SMILES string of the molecule is CN1C=C(Cl)C=C/C1=C(/C#N)c1nc2cc(C(F)(F)F)ccc2s1. The van der Waals surface area contributed by atoms with E-state index in [1.165, 1.54) is 17.4 Å². The Balaban J connectivity index is 2.12. The largest absolute Gasteiger partial charge is 0.416 e. The smallest absolute Gasteiger partial charge is 0.348 e. The van der Waals surface area contributed by atoms with Crippen molar-refractivity contribution in [2.75, 3.05) is 7.05 Å². The molecule has 2 aromatic rings. The number of nitriles is 1. The fourth-order valence-electron chi connectivity index (χ4n) is 2.26. The molecule has 0 radical (unpaired) electrons. The summed E-state index contributed by atoms with van der Waals surface area (Å²) >= 11 is 7.08. The van der Waals surface area contributed by atoms with Gasteiger partial charge in [0, 0.05) is 13.2 Å². The minimum atomic E-state index is -4.43. The lowest BCUT2D eigenvalue weighted by molar-refractivity contribution is -0.137. The average Bonchev–Trinajstić information content (AvgIpc) is 2.91. The number of hydrogen-bond acceptors (Lipinski definition) is 4. The fourth-order valence-corrected chi connectivity index (χ4v) is 3.42. The standard InChI is InChI=1S/C16H9ClF3N3S/c1-23-8-10(17)3-4-13(23)11(7-21)15-22-12-6-9(16(18,19)20)2-5-14(12)24-15/h2-6,8H,1H3/b13-11+. The first-order valence-electron chi connectivity index (χ1n) is 6.70. The van der Waals surface area contributed by atoms with Crippen LogP contribution in [-0.2, 0) is 6.18 Å². The van der Waals surface area contributed by atoms with Crippen molar-refractivity contribution in [3.63, 3.8) is 0 Å². The second-order valence-corrected chi connectivity index (χ2v) is 6.50. The molecule has 0 atom stereocenters. The van der Waals surface area contributed by atoms with Crippen molar-refractivity contribution in [1.29, 1.82) is 5.26 Å². The molecule has 0 bridgehead atoms. The lowest BCUT2D eigenvalue weighted by Crippen LogP contribution is -2.13. The van der Waals surface area contributed by atoms with Crippen molar-refractivity contribution in [3.05, 3.63) is 57.9 Å².